The molecule has 0 saturated heterocycles. The molecule has 1 N–H and O–H groups in total. The van der Waals surface area contributed by atoms with Gasteiger partial charge in [-0.05, 0) is 12.6 Å². The average molecular weight is 295 g/mol. The van der Waals surface area contributed by atoms with E-state index in [1.165, 1.54) is 16.9 Å². The summed E-state index contributed by atoms with van der Waals surface area (Å²) in [6.45, 7) is 3.05. The highest BCUT2D eigenvalue weighted by atomic mass is 35.5. The van der Waals surface area contributed by atoms with Crippen LogP contribution in [-0.4, -0.2) is 11.5 Å². The number of aromatic nitrogens is 1. The highest BCUT2D eigenvalue weighted by Gasteiger charge is 2.30. The molecule has 0 bridgehead atoms. The summed E-state index contributed by atoms with van der Waals surface area (Å²) in [5.41, 5.74) is 1.23. The van der Waals surface area contributed by atoms with Gasteiger partial charge in [-0.25, -0.2) is 4.98 Å². The van der Waals surface area contributed by atoms with E-state index in [1.54, 1.807) is 6.20 Å². The number of benzene rings is 1. The Morgan fingerprint density at radius 2 is 2.32 bits per heavy atom. The van der Waals surface area contributed by atoms with Crippen molar-refractivity contribution in [2.75, 3.05) is 6.54 Å². The molecule has 19 heavy (non-hydrogen) atoms. The number of halogens is 1. The smallest absolute Gasteiger partial charge is 0.152 e. The molecular formula is C14H15ClN2OS. The van der Waals surface area contributed by atoms with Gasteiger partial charge in [-0.2, -0.15) is 0 Å². The molecule has 2 atom stereocenters. The monoisotopic (exact) mass is 294 g/mol. The van der Waals surface area contributed by atoms with Crippen molar-refractivity contribution in [1.82, 2.24) is 10.3 Å². The van der Waals surface area contributed by atoms with Crippen LogP contribution in [0.25, 0.3) is 0 Å². The normalized spacial score (nSPS) is 21.8. The molecule has 1 aromatic heterocycles. The molecule has 100 valence electrons. The number of para-hydroxylation sites is 1. The standard InChI is InChI=1S/C14H15ClN2OS/c1-2-16-10-7-12(14-17-8-13(15)19-14)18-11-6-4-3-5-9(10)11/h3-6,8,10,12,16H,2,7H2,1H3. The fourth-order valence-electron chi connectivity index (χ4n) is 2.42. The zero-order valence-corrected chi connectivity index (χ0v) is 12.2. The Kier molecular flexibility index (Phi) is 3.73. The Labute approximate surface area is 121 Å². The first-order chi connectivity index (χ1) is 9.28. The predicted octanol–water partition coefficient (Wildman–Crippen LogP) is 3.97. The van der Waals surface area contributed by atoms with E-state index >= 15 is 0 Å². The van der Waals surface area contributed by atoms with Crippen molar-refractivity contribution < 1.29 is 4.74 Å². The zero-order chi connectivity index (χ0) is 13.2. The van der Waals surface area contributed by atoms with Crippen LogP contribution in [0.2, 0.25) is 4.34 Å². The lowest BCUT2D eigenvalue weighted by atomic mass is 9.96. The molecule has 2 aromatic rings. The van der Waals surface area contributed by atoms with Crippen LogP contribution in [0.4, 0.5) is 0 Å². The van der Waals surface area contributed by atoms with Gasteiger partial charge in [0.2, 0.25) is 0 Å². The Bertz CT molecular complexity index is 572. The molecule has 0 amide bonds. The van der Waals surface area contributed by atoms with Crippen LogP contribution in [-0.2, 0) is 0 Å². The lowest BCUT2D eigenvalue weighted by molar-refractivity contribution is 0.152. The van der Waals surface area contributed by atoms with E-state index in [9.17, 15) is 0 Å². The van der Waals surface area contributed by atoms with Crippen LogP contribution in [0.3, 0.4) is 0 Å². The summed E-state index contributed by atoms with van der Waals surface area (Å²) in [4.78, 5) is 4.34. The van der Waals surface area contributed by atoms with Gasteiger partial charge >= 0.3 is 0 Å². The Balaban J connectivity index is 1.92. The molecule has 1 aromatic carbocycles. The molecule has 0 saturated carbocycles. The highest BCUT2D eigenvalue weighted by molar-refractivity contribution is 7.15. The average Bonchev–Trinajstić information content (AvgIpc) is 2.86. The summed E-state index contributed by atoms with van der Waals surface area (Å²) in [6.07, 6.45) is 2.55. The van der Waals surface area contributed by atoms with Crippen LogP contribution in [0.5, 0.6) is 5.75 Å². The maximum atomic E-state index is 6.06. The zero-order valence-electron chi connectivity index (χ0n) is 10.6. The minimum Gasteiger partial charge on any atom is -0.483 e. The minimum atomic E-state index is -0.0172. The molecular weight excluding hydrogens is 280 g/mol. The van der Waals surface area contributed by atoms with Gasteiger partial charge in [0, 0.05) is 18.0 Å². The number of hydrogen-bond acceptors (Lipinski definition) is 4. The first kappa shape index (κ1) is 12.9. The van der Waals surface area contributed by atoms with Gasteiger partial charge in [0.15, 0.2) is 6.10 Å². The molecule has 0 radical (unpaired) electrons. The molecule has 3 rings (SSSR count). The van der Waals surface area contributed by atoms with Crippen molar-refractivity contribution >= 4 is 22.9 Å². The summed E-state index contributed by atoms with van der Waals surface area (Å²) < 4.78 is 6.76. The molecule has 5 heteroatoms. The second-order valence-corrected chi connectivity index (χ2v) is 6.19. The van der Waals surface area contributed by atoms with Crippen LogP contribution in [0, 0.1) is 0 Å². The molecule has 2 heterocycles. The first-order valence-electron chi connectivity index (χ1n) is 6.38. The fraction of sp³-hybridized carbons (Fsp3) is 0.357. The third-order valence-electron chi connectivity index (χ3n) is 3.23. The predicted molar refractivity (Wildman–Crippen MR) is 78.0 cm³/mol. The lowest BCUT2D eigenvalue weighted by Crippen LogP contribution is -2.28. The largest absolute Gasteiger partial charge is 0.483 e. The topological polar surface area (TPSA) is 34.2 Å². The third kappa shape index (κ3) is 2.61. The van der Waals surface area contributed by atoms with Gasteiger partial charge in [-0.3, -0.25) is 0 Å². The van der Waals surface area contributed by atoms with Crippen LogP contribution in [0.1, 0.15) is 36.1 Å². The van der Waals surface area contributed by atoms with Gasteiger partial charge < -0.3 is 10.1 Å². The molecule has 0 aliphatic carbocycles. The SMILES string of the molecule is CCNC1CC(c2ncc(Cl)s2)Oc2ccccc21. The van der Waals surface area contributed by atoms with Crippen molar-refractivity contribution in [2.24, 2.45) is 0 Å². The van der Waals surface area contributed by atoms with Gasteiger partial charge in [0.1, 0.15) is 15.1 Å². The van der Waals surface area contributed by atoms with E-state index < -0.39 is 0 Å². The third-order valence-corrected chi connectivity index (χ3v) is 4.44. The highest BCUT2D eigenvalue weighted by Crippen LogP contribution is 2.41. The van der Waals surface area contributed by atoms with Gasteiger partial charge in [-0.1, -0.05) is 36.7 Å². The van der Waals surface area contributed by atoms with E-state index in [0.29, 0.717) is 10.4 Å². The van der Waals surface area contributed by atoms with E-state index in [2.05, 4.69) is 23.3 Å². The quantitative estimate of drug-likeness (QED) is 0.930. The van der Waals surface area contributed by atoms with E-state index in [4.69, 9.17) is 16.3 Å². The van der Waals surface area contributed by atoms with Crippen molar-refractivity contribution in [3.8, 4) is 5.75 Å². The van der Waals surface area contributed by atoms with Crippen molar-refractivity contribution in [3.05, 3.63) is 45.4 Å². The summed E-state index contributed by atoms with van der Waals surface area (Å²) in [6, 6.07) is 8.49. The molecule has 0 spiro atoms. The summed E-state index contributed by atoms with van der Waals surface area (Å²) in [7, 11) is 0. The Morgan fingerprint density at radius 1 is 1.47 bits per heavy atom. The van der Waals surface area contributed by atoms with E-state index in [-0.39, 0.29) is 6.10 Å². The molecule has 2 unspecified atom stereocenters. The number of fused-ring (bicyclic) bond motifs is 1. The summed E-state index contributed by atoms with van der Waals surface area (Å²) in [5.74, 6) is 0.941. The summed E-state index contributed by atoms with van der Waals surface area (Å²) in [5, 5.41) is 4.46. The van der Waals surface area contributed by atoms with E-state index in [0.717, 1.165) is 23.7 Å². The maximum absolute atomic E-state index is 6.06. The minimum absolute atomic E-state index is 0.0172. The van der Waals surface area contributed by atoms with Crippen LogP contribution < -0.4 is 10.1 Å². The van der Waals surface area contributed by atoms with Crippen molar-refractivity contribution in [3.63, 3.8) is 0 Å². The number of thiazole rings is 1. The number of ether oxygens (including phenoxy) is 1. The molecule has 0 fully saturated rings. The Hall–Kier alpha value is -1.10. The second kappa shape index (κ2) is 5.49. The fourth-order valence-corrected chi connectivity index (χ4v) is 3.40. The Morgan fingerprint density at radius 3 is 3.05 bits per heavy atom. The lowest BCUT2D eigenvalue weighted by Gasteiger charge is -2.31. The molecule has 3 nitrogen and oxygen atoms in total. The van der Waals surface area contributed by atoms with Gasteiger partial charge in [0.25, 0.3) is 0 Å². The first-order valence-corrected chi connectivity index (χ1v) is 7.57. The number of nitrogens with zero attached hydrogens (tertiary/aromatic N) is 1. The van der Waals surface area contributed by atoms with Crippen LogP contribution >= 0.6 is 22.9 Å². The maximum Gasteiger partial charge on any atom is 0.152 e. The van der Waals surface area contributed by atoms with Crippen molar-refractivity contribution in [1.29, 1.82) is 0 Å². The molecule has 1 aliphatic rings. The summed E-state index contributed by atoms with van der Waals surface area (Å²) >= 11 is 7.45. The van der Waals surface area contributed by atoms with E-state index in [1.807, 2.05) is 18.2 Å². The number of nitrogens with one attached hydrogen (secondary N) is 1. The number of rotatable bonds is 3. The molecule has 1 aliphatic heterocycles. The van der Waals surface area contributed by atoms with Crippen LogP contribution in [0.15, 0.2) is 30.5 Å². The number of hydrogen-bond donors (Lipinski definition) is 1. The second-order valence-electron chi connectivity index (χ2n) is 4.49. The van der Waals surface area contributed by atoms with Gasteiger partial charge in [0.05, 0.1) is 6.20 Å². The van der Waals surface area contributed by atoms with Gasteiger partial charge in [-0.15, -0.1) is 11.3 Å². The van der Waals surface area contributed by atoms with Crippen molar-refractivity contribution in [2.45, 2.75) is 25.5 Å².